The number of carbonyl (C=O) groups is 1. The SMILES string of the molecule is O=C1NCc2cccn21. The van der Waals surface area contributed by atoms with Crippen LogP contribution in [0, 0.1) is 0 Å². The molecule has 0 saturated heterocycles. The van der Waals surface area contributed by atoms with Gasteiger partial charge in [0.15, 0.2) is 0 Å². The topological polar surface area (TPSA) is 34.0 Å². The zero-order valence-electron chi connectivity index (χ0n) is 4.79. The van der Waals surface area contributed by atoms with E-state index in [0.29, 0.717) is 6.54 Å². The molecule has 0 spiro atoms. The van der Waals surface area contributed by atoms with Crippen LogP contribution in [0.2, 0.25) is 0 Å². The van der Waals surface area contributed by atoms with Gasteiger partial charge in [0.05, 0.1) is 6.54 Å². The summed E-state index contributed by atoms with van der Waals surface area (Å²) in [7, 11) is 0. The highest BCUT2D eigenvalue weighted by Gasteiger charge is 2.14. The summed E-state index contributed by atoms with van der Waals surface area (Å²) in [6, 6.07) is 3.78. The fraction of sp³-hybridized carbons (Fsp3) is 0.167. The molecule has 0 aliphatic carbocycles. The molecule has 0 radical (unpaired) electrons. The highest BCUT2D eigenvalue weighted by atomic mass is 16.2. The Morgan fingerprint density at radius 1 is 1.67 bits per heavy atom. The number of nitrogens with zero attached hydrogens (tertiary/aromatic N) is 1. The first kappa shape index (κ1) is 4.61. The minimum atomic E-state index is -0.0185. The number of amides is 1. The van der Waals surface area contributed by atoms with E-state index in [2.05, 4.69) is 5.32 Å². The Morgan fingerprint density at radius 3 is 3.33 bits per heavy atom. The average Bonchev–Trinajstić information content (AvgIpc) is 2.35. The van der Waals surface area contributed by atoms with Crippen LogP contribution in [-0.2, 0) is 6.54 Å². The fourth-order valence-electron chi connectivity index (χ4n) is 1.01. The van der Waals surface area contributed by atoms with Gasteiger partial charge in [0, 0.05) is 11.9 Å². The number of nitrogens with one attached hydrogen (secondary N) is 1. The van der Waals surface area contributed by atoms with Crippen LogP contribution in [0.5, 0.6) is 0 Å². The molecule has 0 aromatic carbocycles. The molecule has 0 saturated carbocycles. The van der Waals surface area contributed by atoms with E-state index in [1.54, 1.807) is 10.8 Å². The monoisotopic (exact) mass is 122 g/mol. The quantitative estimate of drug-likeness (QED) is 0.536. The molecule has 0 fully saturated rings. The minimum Gasteiger partial charge on any atom is -0.332 e. The molecule has 1 N–H and O–H groups in total. The third-order valence-corrected chi connectivity index (χ3v) is 1.47. The van der Waals surface area contributed by atoms with E-state index in [9.17, 15) is 4.79 Å². The highest BCUT2D eigenvalue weighted by Crippen LogP contribution is 2.06. The Labute approximate surface area is 52.3 Å². The standard InChI is InChI=1S/C6H6N2O/c9-6-7-4-5-2-1-3-8(5)6/h1-3H,4H2,(H,7,9). The summed E-state index contributed by atoms with van der Waals surface area (Å²) in [6.07, 6.45) is 1.76. The normalized spacial score (nSPS) is 15.3. The Bertz CT molecular complexity index is 251. The third-order valence-electron chi connectivity index (χ3n) is 1.47. The lowest BCUT2D eigenvalue weighted by Gasteiger charge is -1.88. The van der Waals surface area contributed by atoms with Crippen molar-refractivity contribution < 1.29 is 4.79 Å². The largest absolute Gasteiger partial charge is 0.332 e. The maximum Gasteiger partial charge on any atom is 0.326 e. The van der Waals surface area contributed by atoms with Crippen LogP contribution in [0.15, 0.2) is 18.3 Å². The lowest BCUT2D eigenvalue weighted by Crippen LogP contribution is -2.16. The van der Waals surface area contributed by atoms with Crippen molar-refractivity contribution in [2.24, 2.45) is 0 Å². The van der Waals surface area contributed by atoms with Gasteiger partial charge in [-0.05, 0) is 12.1 Å². The summed E-state index contributed by atoms with van der Waals surface area (Å²) < 4.78 is 1.61. The molecule has 3 nitrogen and oxygen atoms in total. The number of fused-ring (bicyclic) bond motifs is 1. The first-order valence-corrected chi connectivity index (χ1v) is 2.82. The minimum absolute atomic E-state index is 0.0185. The number of hydrogen-bond donors (Lipinski definition) is 1. The molecular formula is C6H6N2O. The van der Waals surface area contributed by atoms with Crippen molar-refractivity contribution in [3.8, 4) is 0 Å². The maximum absolute atomic E-state index is 10.8. The number of rotatable bonds is 0. The maximum atomic E-state index is 10.8. The molecule has 1 aromatic heterocycles. The van der Waals surface area contributed by atoms with Crippen LogP contribution in [0.4, 0.5) is 4.79 Å². The molecule has 9 heavy (non-hydrogen) atoms. The van der Waals surface area contributed by atoms with Crippen molar-refractivity contribution in [2.75, 3.05) is 0 Å². The number of aromatic nitrogens is 1. The van der Waals surface area contributed by atoms with Gasteiger partial charge in [0.2, 0.25) is 0 Å². The smallest absolute Gasteiger partial charge is 0.326 e. The summed E-state index contributed by atoms with van der Waals surface area (Å²) in [5.41, 5.74) is 1.04. The molecule has 1 amide bonds. The molecule has 1 aliphatic heterocycles. The van der Waals surface area contributed by atoms with E-state index in [1.807, 2.05) is 12.1 Å². The van der Waals surface area contributed by atoms with Gasteiger partial charge in [-0.15, -0.1) is 0 Å². The van der Waals surface area contributed by atoms with Crippen LogP contribution < -0.4 is 5.32 Å². The van der Waals surface area contributed by atoms with E-state index in [-0.39, 0.29) is 6.03 Å². The van der Waals surface area contributed by atoms with Gasteiger partial charge < -0.3 is 5.32 Å². The lowest BCUT2D eigenvalue weighted by atomic mass is 10.4. The van der Waals surface area contributed by atoms with Crippen molar-refractivity contribution in [3.63, 3.8) is 0 Å². The molecule has 46 valence electrons. The molecule has 0 atom stereocenters. The Morgan fingerprint density at radius 2 is 2.56 bits per heavy atom. The summed E-state index contributed by atoms with van der Waals surface area (Å²) in [5, 5.41) is 2.69. The van der Waals surface area contributed by atoms with Crippen LogP contribution in [0.25, 0.3) is 0 Å². The summed E-state index contributed by atoms with van der Waals surface area (Å²) >= 11 is 0. The molecule has 2 rings (SSSR count). The van der Waals surface area contributed by atoms with E-state index in [1.165, 1.54) is 0 Å². The molecule has 0 unspecified atom stereocenters. The molecular weight excluding hydrogens is 116 g/mol. The van der Waals surface area contributed by atoms with E-state index in [4.69, 9.17) is 0 Å². The molecule has 1 aliphatic rings. The molecule has 2 heterocycles. The Kier molecular flexibility index (Phi) is 0.704. The summed E-state index contributed by atoms with van der Waals surface area (Å²) in [5.74, 6) is 0. The van der Waals surface area contributed by atoms with Gasteiger partial charge in [0.25, 0.3) is 0 Å². The Hall–Kier alpha value is -1.25. The molecule has 3 heteroatoms. The second-order valence-electron chi connectivity index (χ2n) is 2.03. The van der Waals surface area contributed by atoms with Crippen LogP contribution >= 0.6 is 0 Å². The van der Waals surface area contributed by atoms with Gasteiger partial charge in [-0.2, -0.15) is 0 Å². The second-order valence-corrected chi connectivity index (χ2v) is 2.03. The zero-order valence-corrected chi connectivity index (χ0v) is 4.79. The van der Waals surface area contributed by atoms with E-state index >= 15 is 0 Å². The van der Waals surface area contributed by atoms with Crippen LogP contribution in [-0.4, -0.2) is 10.6 Å². The van der Waals surface area contributed by atoms with Gasteiger partial charge >= 0.3 is 6.03 Å². The molecule has 0 bridgehead atoms. The second kappa shape index (κ2) is 1.37. The van der Waals surface area contributed by atoms with E-state index < -0.39 is 0 Å². The van der Waals surface area contributed by atoms with Crippen molar-refractivity contribution in [2.45, 2.75) is 6.54 Å². The zero-order chi connectivity index (χ0) is 6.27. The third kappa shape index (κ3) is 0.483. The van der Waals surface area contributed by atoms with Gasteiger partial charge in [-0.25, -0.2) is 4.79 Å². The Balaban J connectivity index is 2.61. The van der Waals surface area contributed by atoms with Crippen molar-refractivity contribution in [1.29, 1.82) is 0 Å². The van der Waals surface area contributed by atoms with Gasteiger partial charge in [-0.1, -0.05) is 0 Å². The van der Waals surface area contributed by atoms with Crippen LogP contribution in [0.3, 0.4) is 0 Å². The average molecular weight is 122 g/mol. The summed E-state index contributed by atoms with van der Waals surface area (Å²) in [4.78, 5) is 10.8. The van der Waals surface area contributed by atoms with Crippen molar-refractivity contribution in [1.82, 2.24) is 9.88 Å². The number of carbonyl (C=O) groups excluding carboxylic acids is 1. The van der Waals surface area contributed by atoms with Gasteiger partial charge in [0.1, 0.15) is 0 Å². The lowest BCUT2D eigenvalue weighted by molar-refractivity contribution is 0.246. The van der Waals surface area contributed by atoms with Crippen molar-refractivity contribution in [3.05, 3.63) is 24.0 Å². The first-order chi connectivity index (χ1) is 4.38. The highest BCUT2D eigenvalue weighted by molar-refractivity contribution is 5.80. The number of hydrogen-bond acceptors (Lipinski definition) is 1. The van der Waals surface area contributed by atoms with Gasteiger partial charge in [-0.3, -0.25) is 4.57 Å². The first-order valence-electron chi connectivity index (χ1n) is 2.82. The summed E-state index contributed by atoms with van der Waals surface area (Å²) in [6.45, 7) is 0.672. The predicted octanol–water partition coefficient (Wildman–Crippen LogP) is 0.559. The van der Waals surface area contributed by atoms with E-state index in [0.717, 1.165) is 5.69 Å². The predicted molar refractivity (Wildman–Crippen MR) is 32.1 cm³/mol. The molecule has 1 aromatic rings. The van der Waals surface area contributed by atoms with Crippen LogP contribution in [0.1, 0.15) is 5.69 Å². The van der Waals surface area contributed by atoms with Crippen molar-refractivity contribution >= 4 is 6.03 Å². The fourth-order valence-corrected chi connectivity index (χ4v) is 1.01.